The van der Waals surface area contributed by atoms with Gasteiger partial charge in [0.15, 0.2) is 0 Å². The molecule has 0 radical (unpaired) electrons. The van der Waals surface area contributed by atoms with Gasteiger partial charge < -0.3 is 15.2 Å². The summed E-state index contributed by atoms with van der Waals surface area (Å²) in [5, 5.41) is 0. The van der Waals surface area contributed by atoms with Gasteiger partial charge in [0.25, 0.3) is 0 Å². The van der Waals surface area contributed by atoms with E-state index in [4.69, 9.17) is 15.2 Å². The number of methoxy groups -OCH3 is 1. The molecule has 0 bridgehead atoms. The van der Waals surface area contributed by atoms with Crippen LogP contribution in [0, 0.1) is 0 Å². The van der Waals surface area contributed by atoms with Crippen molar-refractivity contribution in [3.8, 4) is 17.4 Å². The summed E-state index contributed by atoms with van der Waals surface area (Å²) in [7, 11) is 1.65. The van der Waals surface area contributed by atoms with Crippen molar-refractivity contribution in [2.24, 2.45) is 0 Å². The van der Waals surface area contributed by atoms with Gasteiger partial charge in [-0.2, -0.15) is 0 Å². The maximum absolute atomic E-state index is 5.95. The summed E-state index contributed by atoms with van der Waals surface area (Å²) in [6.45, 7) is 6.38. The number of pyridine rings is 1. The highest BCUT2D eigenvalue weighted by molar-refractivity contribution is 9.10. The number of benzene rings is 1. The van der Waals surface area contributed by atoms with Crippen molar-refractivity contribution in [3.63, 3.8) is 0 Å². The van der Waals surface area contributed by atoms with Crippen LogP contribution in [0.2, 0.25) is 0 Å². The Hall–Kier alpha value is -1.75. The molecule has 21 heavy (non-hydrogen) atoms. The molecule has 2 N–H and O–H groups in total. The zero-order chi connectivity index (χ0) is 15.6. The number of hydrogen-bond acceptors (Lipinski definition) is 4. The third kappa shape index (κ3) is 3.67. The molecule has 2 rings (SSSR count). The molecule has 5 heteroatoms. The van der Waals surface area contributed by atoms with Crippen LogP contribution in [-0.4, -0.2) is 12.1 Å². The molecular weight excluding hydrogens is 332 g/mol. The third-order valence-electron chi connectivity index (χ3n) is 3.03. The molecule has 0 aliphatic rings. The Labute approximate surface area is 133 Å². The fraction of sp³-hybridized carbons (Fsp3) is 0.312. The van der Waals surface area contributed by atoms with Gasteiger partial charge in [0.05, 0.1) is 23.5 Å². The van der Waals surface area contributed by atoms with Crippen molar-refractivity contribution in [1.82, 2.24) is 4.98 Å². The fourth-order valence-corrected chi connectivity index (χ4v) is 2.38. The number of rotatable bonds is 3. The first-order chi connectivity index (χ1) is 9.81. The first-order valence-electron chi connectivity index (χ1n) is 6.58. The molecule has 0 atom stereocenters. The van der Waals surface area contributed by atoms with Crippen LogP contribution >= 0.6 is 15.9 Å². The van der Waals surface area contributed by atoms with Crippen LogP contribution in [0.1, 0.15) is 26.3 Å². The van der Waals surface area contributed by atoms with E-state index in [-0.39, 0.29) is 5.41 Å². The molecule has 112 valence electrons. The van der Waals surface area contributed by atoms with Gasteiger partial charge in [0.1, 0.15) is 11.5 Å². The van der Waals surface area contributed by atoms with Crippen LogP contribution in [0.5, 0.6) is 17.4 Å². The summed E-state index contributed by atoms with van der Waals surface area (Å²) in [6.07, 6.45) is 1.57. The molecule has 0 spiro atoms. The highest BCUT2D eigenvalue weighted by Crippen LogP contribution is 2.38. The molecule has 4 nitrogen and oxygen atoms in total. The SMILES string of the molecule is COc1ccc(Oc2ncc(N)cc2Br)c(C(C)(C)C)c1. The van der Waals surface area contributed by atoms with Crippen molar-refractivity contribution >= 4 is 21.6 Å². The lowest BCUT2D eigenvalue weighted by atomic mass is 9.86. The normalized spacial score (nSPS) is 11.3. The first kappa shape index (κ1) is 15.6. The van der Waals surface area contributed by atoms with Gasteiger partial charge in [0, 0.05) is 5.56 Å². The molecule has 1 aromatic heterocycles. The van der Waals surface area contributed by atoms with Crippen LogP contribution in [0.4, 0.5) is 5.69 Å². The number of nitrogens with two attached hydrogens (primary N) is 1. The molecule has 0 fully saturated rings. The van der Waals surface area contributed by atoms with Gasteiger partial charge in [-0.1, -0.05) is 20.8 Å². The number of aromatic nitrogens is 1. The van der Waals surface area contributed by atoms with E-state index in [0.717, 1.165) is 21.5 Å². The molecule has 0 aliphatic heterocycles. The van der Waals surface area contributed by atoms with E-state index < -0.39 is 0 Å². The Kier molecular flexibility index (Phi) is 4.42. The van der Waals surface area contributed by atoms with Crippen molar-refractivity contribution in [1.29, 1.82) is 0 Å². The minimum absolute atomic E-state index is 0.0792. The first-order valence-corrected chi connectivity index (χ1v) is 7.38. The van der Waals surface area contributed by atoms with Crippen LogP contribution in [0.25, 0.3) is 0 Å². The standard InChI is InChI=1S/C16H19BrN2O2/c1-16(2,3)12-8-11(20-4)5-6-14(12)21-15-13(17)7-10(18)9-19-15/h5-9H,18H2,1-4H3. The molecular formula is C16H19BrN2O2. The van der Waals surface area contributed by atoms with Crippen LogP contribution < -0.4 is 15.2 Å². The highest BCUT2D eigenvalue weighted by Gasteiger charge is 2.21. The van der Waals surface area contributed by atoms with Gasteiger partial charge in [-0.3, -0.25) is 0 Å². The molecule has 0 unspecified atom stereocenters. The summed E-state index contributed by atoms with van der Waals surface area (Å²) in [4.78, 5) is 4.21. The van der Waals surface area contributed by atoms with E-state index in [1.807, 2.05) is 18.2 Å². The summed E-state index contributed by atoms with van der Waals surface area (Å²) in [6, 6.07) is 7.52. The Morgan fingerprint density at radius 1 is 1.19 bits per heavy atom. The summed E-state index contributed by atoms with van der Waals surface area (Å²) in [5.74, 6) is 2.04. The maximum Gasteiger partial charge on any atom is 0.233 e. The largest absolute Gasteiger partial charge is 0.497 e. The van der Waals surface area contributed by atoms with Gasteiger partial charge in [-0.25, -0.2) is 4.98 Å². The van der Waals surface area contributed by atoms with E-state index in [9.17, 15) is 0 Å². The monoisotopic (exact) mass is 350 g/mol. The topological polar surface area (TPSA) is 57.4 Å². The predicted molar refractivity (Wildman–Crippen MR) is 88.1 cm³/mol. The zero-order valence-electron chi connectivity index (χ0n) is 12.6. The quantitative estimate of drug-likeness (QED) is 0.883. The van der Waals surface area contributed by atoms with Crippen molar-refractivity contribution < 1.29 is 9.47 Å². The lowest BCUT2D eigenvalue weighted by Gasteiger charge is -2.23. The molecule has 0 saturated heterocycles. The molecule has 0 saturated carbocycles. The number of nitrogen functional groups attached to an aromatic ring is 1. The van der Waals surface area contributed by atoms with E-state index >= 15 is 0 Å². The van der Waals surface area contributed by atoms with E-state index in [0.29, 0.717) is 11.6 Å². The smallest absolute Gasteiger partial charge is 0.233 e. The Balaban J connectivity index is 2.44. The van der Waals surface area contributed by atoms with E-state index in [2.05, 4.69) is 41.7 Å². The van der Waals surface area contributed by atoms with E-state index in [1.165, 1.54) is 0 Å². The number of ether oxygens (including phenoxy) is 2. The lowest BCUT2D eigenvalue weighted by Crippen LogP contribution is -2.13. The number of anilines is 1. The minimum Gasteiger partial charge on any atom is -0.497 e. The van der Waals surface area contributed by atoms with Crippen molar-refractivity contribution in [2.75, 3.05) is 12.8 Å². The maximum atomic E-state index is 5.95. The van der Waals surface area contributed by atoms with E-state index in [1.54, 1.807) is 19.4 Å². The number of hydrogen-bond donors (Lipinski definition) is 1. The minimum atomic E-state index is -0.0792. The molecule has 2 aromatic rings. The molecule has 0 amide bonds. The number of halogens is 1. The number of nitrogens with zero attached hydrogens (tertiary/aromatic N) is 1. The van der Waals surface area contributed by atoms with Crippen molar-refractivity contribution in [3.05, 3.63) is 40.5 Å². The molecule has 0 aliphatic carbocycles. The summed E-state index contributed by atoms with van der Waals surface area (Å²) < 4.78 is 12.0. The Morgan fingerprint density at radius 2 is 1.90 bits per heavy atom. The Morgan fingerprint density at radius 3 is 2.48 bits per heavy atom. The highest BCUT2D eigenvalue weighted by atomic mass is 79.9. The second-order valence-electron chi connectivity index (χ2n) is 5.77. The van der Waals surface area contributed by atoms with Gasteiger partial charge in [0.2, 0.25) is 5.88 Å². The molecule has 1 aromatic carbocycles. The van der Waals surface area contributed by atoms with Gasteiger partial charge in [-0.15, -0.1) is 0 Å². The second kappa shape index (κ2) is 5.93. The zero-order valence-corrected chi connectivity index (χ0v) is 14.2. The molecule has 1 heterocycles. The van der Waals surface area contributed by atoms with Gasteiger partial charge >= 0.3 is 0 Å². The third-order valence-corrected chi connectivity index (χ3v) is 3.60. The van der Waals surface area contributed by atoms with Crippen molar-refractivity contribution in [2.45, 2.75) is 26.2 Å². The fourth-order valence-electron chi connectivity index (χ4n) is 1.93. The van der Waals surface area contributed by atoms with Gasteiger partial charge in [-0.05, 0) is 45.6 Å². The summed E-state index contributed by atoms with van der Waals surface area (Å²) >= 11 is 3.42. The van der Waals surface area contributed by atoms with Crippen LogP contribution in [0.15, 0.2) is 34.9 Å². The summed E-state index contributed by atoms with van der Waals surface area (Å²) in [5.41, 5.74) is 7.25. The predicted octanol–water partition coefficient (Wildman–Crippen LogP) is 4.52. The van der Waals surface area contributed by atoms with Crippen LogP contribution in [0.3, 0.4) is 0 Å². The Bertz CT molecular complexity index is 651. The average molecular weight is 351 g/mol. The van der Waals surface area contributed by atoms with Crippen LogP contribution in [-0.2, 0) is 5.41 Å². The second-order valence-corrected chi connectivity index (χ2v) is 6.62. The lowest BCUT2D eigenvalue weighted by molar-refractivity contribution is 0.405. The average Bonchev–Trinajstić information content (AvgIpc) is 2.41.